The van der Waals surface area contributed by atoms with Crippen molar-refractivity contribution in [2.24, 2.45) is 5.73 Å². The fraction of sp³-hybridized carbons (Fsp3) is 0.250. The normalized spacial score (nSPS) is 11.6. The summed E-state index contributed by atoms with van der Waals surface area (Å²) in [6.07, 6.45) is -0.514. The minimum absolute atomic E-state index is 0.0528. The van der Waals surface area contributed by atoms with Crippen molar-refractivity contribution in [2.45, 2.75) is 18.9 Å². The van der Waals surface area contributed by atoms with Gasteiger partial charge in [-0.25, -0.2) is 4.79 Å². The number of hydrogen-bond donors (Lipinski definition) is 4. The molecule has 0 saturated heterocycles. The topological polar surface area (TPSA) is 130 Å². The first-order valence-corrected chi connectivity index (χ1v) is 5.47. The molecule has 0 heterocycles. The molecule has 0 aliphatic heterocycles. The third-order valence-corrected chi connectivity index (χ3v) is 2.34. The second-order valence-corrected chi connectivity index (χ2v) is 3.97. The summed E-state index contributed by atoms with van der Waals surface area (Å²) >= 11 is 0. The molecule has 1 aromatic rings. The van der Waals surface area contributed by atoms with Crippen LogP contribution in [-0.4, -0.2) is 34.0 Å². The van der Waals surface area contributed by atoms with Crippen LogP contribution >= 0.6 is 0 Å². The van der Waals surface area contributed by atoms with Gasteiger partial charge in [-0.05, 0) is 17.7 Å². The largest absolute Gasteiger partial charge is 0.508 e. The second-order valence-electron chi connectivity index (χ2n) is 3.97. The van der Waals surface area contributed by atoms with E-state index in [2.05, 4.69) is 5.32 Å². The Balaban J connectivity index is 2.59. The van der Waals surface area contributed by atoms with Crippen molar-refractivity contribution in [3.05, 3.63) is 29.8 Å². The fourth-order valence-corrected chi connectivity index (χ4v) is 1.45. The lowest BCUT2D eigenvalue weighted by Gasteiger charge is -2.12. The van der Waals surface area contributed by atoms with Crippen LogP contribution in [0.25, 0.3) is 0 Å². The number of phenols is 1. The maximum Gasteiger partial charge on any atom is 0.326 e. The zero-order chi connectivity index (χ0) is 14.4. The van der Waals surface area contributed by atoms with E-state index in [4.69, 9.17) is 15.9 Å². The number of aromatic hydroxyl groups is 1. The van der Waals surface area contributed by atoms with Gasteiger partial charge in [0.2, 0.25) is 11.8 Å². The summed E-state index contributed by atoms with van der Waals surface area (Å²) in [4.78, 5) is 33.1. The first-order chi connectivity index (χ1) is 8.88. The first kappa shape index (κ1) is 14.5. The van der Waals surface area contributed by atoms with Crippen LogP contribution in [0.15, 0.2) is 24.3 Å². The lowest BCUT2D eigenvalue weighted by atomic mass is 10.1. The number of carboxylic acid groups (broad SMARTS) is 1. The highest BCUT2D eigenvalue weighted by Gasteiger charge is 2.21. The van der Waals surface area contributed by atoms with Gasteiger partial charge >= 0.3 is 5.97 Å². The molecule has 0 radical (unpaired) electrons. The number of nitrogens with two attached hydrogens (primary N) is 1. The van der Waals surface area contributed by atoms with Gasteiger partial charge in [-0.2, -0.15) is 0 Å². The van der Waals surface area contributed by atoms with Gasteiger partial charge in [0.1, 0.15) is 11.8 Å². The van der Waals surface area contributed by atoms with Crippen LogP contribution < -0.4 is 11.1 Å². The molecule has 1 unspecified atom stereocenters. The number of carboxylic acids is 1. The highest BCUT2D eigenvalue weighted by atomic mass is 16.4. The Morgan fingerprint density at radius 1 is 1.21 bits per heavy atom. The Labute approximate surface area is 109 Å². The molecule has 1 aromatic carbocycles. The molecule has 0 bridgehead atoms. The van der Waals surface area contributed by atoms with E-state index in [1.54, 1.807) is 12.1 Å². The predicted molar refractivity (Wildman–Crippen MR) is 65.2 cm³/mol. The molecular formula is C12H14N2O5. The van der Waals surface area contributed by atoms with Crippen LogP contribution in [0.4, 0.5) is 0 Å². The molecule has 1 rings (SSSR count). The van der Waals surface area contributed by atoms with Gasteiger partial charge in [-0.15, -0.1) is 0 Å². The van der Waals surface area contributed by atoms with E-state index in [1.807, 2.05) is 0 Å². The number of nitrogens with one attached hydrogen (secondary N) is 1. The third-order valence-electron chi connectivity index (χ3n) is 2.34. The number of hydrogen-bond acceptors (Lipinski definition) is 4. The quantitative estimate of drug-likeness (QED) is 0.545. The van der Waals surface area contributed by atoms with Crippen molar-refractivity contribution in [3.63, 3.8) is 0 Å². The fourth-order valence-electron chi connectivity index (χ4n) is 1.45. The van der Waals surface area contributed by atoms with Crippen LogP contribution in [-0.2, 0) is 20.8 Å². The van der Waals surface area contributed by atoms with Crippen LogP contribution in [0, 0.1) is 0 Å². The molecule has 19 heavy (non-hydrogen) atoms. The Kier molecular flexibility index (Phi) is 4.87. The Bertz CT molecular complexity index is 483. The molecule has 0 aliphatic carbocycles. The highest BCUT2D eigenvalue weighted by Crippen LogP contribution is 2.10. The maximum absolute atomic E-state index is 11.6. The number of benzene rings is 1. The Morgan fingerprint density at radius 2 is 1.79 bits per heavy atom. The zero-order valence-electron chi connectivity index (χ0n) is 10.00. The minimum atomic E-state index is -1.33. The SMILES string of the molecule is NC(=O)CC(NC(=O)Cc1ccc(O)cc1)C(=O)O. The van der Waals surface area contributed by atoms with Gasteiger partial charge < -0.3 is 21.3 Å². The summed E-state index contributed by atoms with van der Waals surface area (Å²) in [5, 5.41) is 20.1. The molecule has 1 atom stereocenters. The van der Waals surface area contributed by atoms with Crippen molar-refractivity contribution in [1.29, 1.82) is 0 Å². The molecular weight excluding hydrogens is 252 g/mol. The summed E-state index contributed by atoms with van der Waals surface area (Å²) in [5.41, 5.74) is 5.50. The van der Waals surface area contributed by atoms with E-state index in [9.17, 15) is 14.4 Å². The monoisotopic (exact) mass is 266 g/mol. The van der Waals surface area contributed by atoms with Gasteiger partial charge in [0.05, 0.1) is 12.8 Å². The van der Waals surface area contributed by atoms with Gasteiger partial charge in [-0.1, -0.05) is 12.1 Å². The summed E-state index contributed by atoms with van der Waals surface area (Å²) < 4.78 is 0. The maximum atomic E-state index is 11.6. The zero-order valence-corrected chi connectivity index (χ0v) is 10.00. The van der Waals surface area contributed by atoms with E-state index in [-0.39, 0.29) is 12.2 Å². The van der Waals surface area contributed by atoms with Gasteiger partial charge in [0, 0.05) is 0 Å². The van der Waals surface area contributed by atoms with Crippen molar-refractivity contribution >= 4 is 17.8 Å². The van der Waals surface area contributed by atoms with E-state index in [0.717, 1.165) is 0 Å². The van der Waals surface area contributed by atoms with Gasteiger partial charge in [0.25, 0.3) is 0 Å². The average molecular weight is 266 g/mol. The smallest absolute Gasteiger partial charge is 0.326 e. The number of carbonyl (C=O) groups is 3. The number of primary amides is 1. The molecule has 0 spiro atoms. The molecule has 0 aliphatic rings. The summed E-state index contributed by atoms with van der Waals surface area (Å²) in [6.45, 7) is 0. The van der Waals surface area contributed by atoms with Crippen LogP contribution in [0.2, 0.25) is 0 Å². The van der Waals surface area contributed by atoms with Gasteiger partial charge in [0.15, 0.2) is 0 Å². The molecule has 2 amide bonds. The molecule has 5 N–H and O–H groups in total. The van der Waals surface area contributed by atoms with Crippen LogP contribution in [0.5, 0.6) is 5.75 Å². The summed E-state index contributed by atoms with van der Waals surface area (Å²) in [5.74, 6) is -2.60. The van der Waals surface area contributed by atoms with Crippen LogP contribution in [0.3, 0.4) is 0 Å². The van der Waals surface area contributed by atoms with Crippen molar-refractivity contribution in [1.82, 2.24) is 5.32 Å². The highest BCUT2D eigenvalue weighted by molar-refractivity contribution is 5.88. The van der Waals surface area contributed by atoms with Gasteiger partial charge in [-0.3, -0.25) is 9.59 Å². The number of aliphatic carboxylic acids is 1. The molecule has 0 aromatic heterocycles. The minimum Gasteiger partial charge on any atom is -0.508 e. The van der Waals surface area contributed by atoms with Crippen molar-refractivity contribution in [3.8, 4) is 5.75 Å². The Hall–Kier alpha value is -2.57. The van der Waals surface area contributed by atoms with Crippen molar-refractivity contribution < 1.29 is 24.6 Å². The van der Waals surface area contributed by atoms with Crippen molar-refractivity contribution in [2.75, 3.05) is 0 Å². The lowest BCUT2D eigenvalue weighted by molar-refractivity contribution is -0.143. The number of amides is 2. The molecule has 102 valence electrons. The first-order valence-electron chi connectivity index (χ1n) is 5.47. The van der Waals surface area contributed by atoms with Crippen LogP contribution in [0.1, 0.15) is 12.0 Å². The predicted octanol–water partition coefficient (Wildman–Crippen LogP) is -0.621. The number of rotatable bonds is 6. The van der Waals surface area contributed by atoms with E-state index in [0.29, 0.717) is 5.56 Å². The molecule has 0 fully saturated rings. The average Bonchev–Trinajstić information content (AvgIpc) is 2.30. The third kappa shape index (κ3) is 5.07. The number of phenolic OH excluding ortho intramolecular Hbond substituents is 1. The summed E-state index contributed by atoms with van der Waals surface area (Å²) in [6, 6.07) is 4.58. The molecule has 7 nitrogen and oxygen atoms in total. The second kappa shape index (κ2) is 6.39. The number of carbonyl (C=O) groups excluding carboxylic acids is 2. The summed E-state index contributed by atoms with van der Waals surface area (Å²) in [7, 11) is 0. The van der Waals surface area contributed by atoms with E-state index >= 15 is 0 Å². The lowest BCUT2D eigenvalue weighted by Crippen LogP contribution is -2.43. The molecule has 0 saturated carbocycles. The van der Waals surface area contributed by atoms with E-state index in [1.165, 1.54) is 12.1 Å². The molecule has 7 heteroatoms. The Morgan fingerprint density at radius 3 is 2.26 bits per heavy atom. The van der Waals surface area contributed by atoms with E-state index < -0.39 is 30.2 Å². The standard InChI is InChI=1S/C12H14N2O5/c13-10(16)6-9(12(18)19)14-11(17)5-7-1-3-8(15)4-2-7/h1-4,9,15H,5-6H2,(H2,13,16)(H,14,17)(H,18,19).